The molecule has 416 valence electrons. The summed E-state index contributed by atoms with van der Waals surface area (Å²) in [6.45, 7) is 0. The Morgan fingerprint density at radius 3 is 1.21 bits per heavy atom. The number of pyridine rings is 2. The minimum atomic E-state index is 0.971. The van der Waals surface area contributed by atoms with E-state index >= 15 is 0 Å². The van der Waals surface area contributed by atoms with Crippen molar-refractivity contribution in [3.05, 3.63) is 302 Å². The molecule has 0 bridgehead atoms. The van der Waals surface area contributed by atoms with Crippen molar-refractivity contribution in [1.29, 1.82) is 0 Å². The van der Waals surface area contributed by atoms with Gasteiger partial charge in [0.05, 0.1) is 44.1 Å². The van der Waals surface area contributed by atoms with Crippen molar-refractivity contribution >= 4 is 120 Å². The molecule has 2 aliphatic carbocycles. The number of nitrogens with zero attached hydrogens (tertiary/aromatic N) is 6. The molecule has 20 aromatic rings. The van der Waals surface area contributed by atoms with Gasteiger partial charge in [0.1, 0.15) is 11.3 Å². The Hall–Kier alpha value is -11.9. The Bertz CT molecular complexity index is 6480. The first kappa shape index (κ1) is 48.3. The van der Waals surface area contributed by atoms with Crippen LogP contribution in [0, 0.1) is 0 Å². The highest BCUT2D eigenvalue weighted by Gasteiger charge is 2.25. The first-order valence-electron chi connectivity index (χ1n) is 31.2. The third kappa shape index (κ3) is 6.55. The highest BCUT2D eigenvalue weighted by molar-refractivity contribution is 6.25. The summed E-state index contributed by atoms with van der Waals surface area (Å²) in [5, 5.41) is 15.2. The second-order valence-electron chi connectivity index (χ2n) is 24.8. The van der Waals surface area contributed by atoms with E-state index in [1.165, 1.54) is 176 Å². The van der Waals surface area contributed by atoms with Gasteiger partial charge in [0.2, 0.25) is 0 Å². The number of aromatic nitrogens is 6. The Labute approximate surface area is 515 Å². The first-order chi connectivity index (χ1) is 44.6. The van der Waals surface area contributed by atoms with E-state index in [0.29, 0.717) is 0 Å². The fourth-order valence-corrected chi connectivity index (χ4v) is 16.3. The third-order valence-electron chi connectivity index (χ3n) is 20.2. The predicted molar refractivity (Wildman–Crippen MR) is 374 cm³/mol. The van der Waals surface area contributed by atoms with Crippen molar-refractivity contribution in [2.75, 3.05) is 0 Å². The molecular weight excluding hydrogens is 1090 g/mol. The standard InChI is InChI=1S/2C42H25N3/c1-2-8-30-27(7-1)21-28-22-29(16-18-31(28)30)44-39-19-15-25(23-37(39)36-12-6-20-43-42(36)44)26-14-17-33-35-11-5-10-34-32-9-3-4-13-38(32)45(41(34)35)40(33)24-26;1-2-8-30-27(7-1)21-28-14-17-29(24-36(28)30)44-39-19-16-25(22-37(39)35-12-6-20-43-42(35)44)26-15-18-32-34-11-5-10-33-31-9-3-4-13-38(31)45(41(33)34)40(32)23-26/h2*1-20,22-24H,21H2. The average Bonchev–Trinajstić information content (AvgIpc) is 1.64. The van der Waals surface area contributed by atoms with Gasteiger partial charge in [0.15, 0.2) is 0 Å². The van der Waals surface area contributed by atoms with Crippen LogP contribution in [0.3, 0.4) is 0 Å². The highest BCUT2D eigenvalue weighted by atomic mass is 15.1. The monoisotopic (exact) mass is 1140 g/mol. The van der Waals surface area contributed by atoms with E-state index in [0.717, 1.165) is 35.5 Å². The van der Waals surface area contributed by atoms with Crippen molar-refractivity contribution in [2.24, 2.45) is 0 Å². The van der Waals surface area contributed by atoms with E-state index in [2.05, 4.69) is 273 Å². The largest absolute Gasteiger partial charge is 0.308 e. The number of hydrogen-bond donors (Lipinski definition) is 0. The molecule has 12 aromatic carbocycles. The maximum absolute atomic E-state index is 4.91. The second kappa shape index (κ2) is 17.9. The summed E-state index contributed by atoms with van der Waals surface area (Å²) >= 11 is 0. The van der Waals surface area contributed by atoms with E-state index in [1.54, 1.807) is 0 Å². The number of rotatable bonds is 4. The summed E-state index contributed by atoms with van der Waals surface area (Å²) in [6.07, 6.45) is 5.78. The highest BCUT2D eigenvalue weighted by Crippen LogP contribution is 2.46. The molecule has 0 aliphatic heterocycles. The molecule has 90 heavy (non-hydrogen) atoms. The maximum Gasteiger partial charge on any atom is 0.145 e. The van der Waals surface area contributed by atoms with Crippen LogP contribution in [0.1, 0.15) is 22.3 Å². The van der Waals surface area contributed by atoms with Crippen LogP contribution in [0.25, 0.3) is 176 Å². The molecule has 0 N–H and O–H groups in total. The van der Waals surface area contributed by atoms with Gasteiger partial charge in [-0.25, -0.2) is 9.97 Å². The number of hydrogen-bond acceptors (Lipinski definition) is 2. The molecule has 6 heteroatoms. The zero-order chi connectivity index (χ0) is 58.4. The molecule has 0 saturated heterocycles. The fraction of sp³-hybridized carbons (Fsp3) is 0.0238. The van der Waals surface area contributed by atoms with Crippen molar-refractivity contribution in [3.8, 4) is 55.9 Å². The Kier molecular flexibility index (Phi) is 9.59. The molecule has 22 rings (SSSR count). The molecule has 0 amide bonds. The van der Waals surface area contributed by atoms with Crippen LogP contribution in [0.2, 0.25) is 0 Å². The summed E-state index contributed by atoms with van der Waals surface area (Å²) in [4.78, 5) is 9.81. The van der Waals surface area contributed by atoms with Gasteiger partial charge in [0, 0.05) is 88.4 Å². The average molecular weight is 1140 g/mol. The Morgan fingerprint density at radius 2 is 0.644 bits per heavy atom. The number of fused-ring (bicyclic) bond motifs is 24. The van der Waals surface area contributed by atoms with Crippen LogP contribution >= 0.6 is 0 Å². The quantitative estimate of drug-likeness (QED) is 0.176. The summed E-state index contributed by atoms with van der Waals surface area (Å²) in [5.41, 5.74) is 30.1. The molecule has 8 heterocycles. The van der Waals surface area contributed by atoms with Gasteiger partial charge in [-0.1, -0.05) is 170 Å². The van der Waals surface area contributed by atoms with E-state index in [9.17, 15) is 0 Å². The Balaban J connectivity index is 0.000000122. The minimum absolute atomic E-state index is 0.971. The molecule has 2 aliphatic rings. The van der Waals surface area contributed by atoms with Gasteiger partial charge in [0.25, 0.3) is 0 Å². The van der Waals surface area contributed by atoms with E-state index in [1.807, 2.05) is 24.5 Å². The molecule has 0 atom stereocenters. The van der Waals surface area contributed by atoms with Crippen LogP contribution in [-0.2, 0) is 12.8 Å². The maximum atomic E-state index is 4.91. The van der Waals surface area contributed by atoms with Crippen molar-refractivity contribution < 1.29 is 0 Å². The molecule has 0 saturated carbocycles. The van der Waals surface area contributed by atoms with Gasteiger partial charge >= 0.3 is 0 Å². The van der Waals surface area contributed by atoms with Gasteiger partial charge in [-0.3, -0.25) is 9.13 Å². The van der Waals surface area contributed by atoms with Crippen LogP contribution in [-0.4, -0.2) is 27.9 Å². The summed E-state index contributed by atoms with van der Waals surface area (Å²) in [7, 11) is 0. The number of para-hydroxylation sites is 4. The molecule has 8 aromatic heterocycles. The van der Waals surface area contributed by atoms with E-state index in [4.69, 9.17) is 9.97 Å². The van der Waals surface area contributed by atoms with Gasteiger partial charge in [-0.2, -0.15) is 0 Å². The minimum Gasteiger partial charge on any atom is -0.308 e. The SMILES string of the molecule is c1ccc2c(c1)Cc1cc(-n3c4ccc(-c5ccc6c7cccc8c9ccccc9n(c6c5)c87)cc4c4cccnc43)ccc1-2.c1ccc2c(c1)Cc1ccc(-n3c4ccc(-c5ccc6c7cccc8c9ccccc9n(c6c5)c87)cc4c4cccnc43)cc1-2. The van der Waals surface area contributed by atoms with Crippen LogP contribution in [0.5, 0.6) is 0 Å². The van der Waals surface area contributed by atoms with Crippen LogP contribution in [0.4, 0.5) is 0 Å². The van der Waals surface area contributed by atoms with Crippen LogP contribution in [0.15, 0.2) is 279 Å². The first-order valence-corrected chi connectivity index (χ1v) is 31.2. The lowest BCUT2D eigenvalue weighted by Gasteiger charge is -2.10. The Morgan fingerprint density at radius 1 is 0.233 bits per heavy atom. The smallest absolute Gasteiger partial charge is 0.145 e. The summed E-state index contributed by atoms with van der Waals surface area (Å²) in [5.74, 6) is 0. The molecule has 0 fully saturated rings. The van der Waals surface area contributed by atoms with E-state index in [-0.39, 0.29) is 0 Å². The third-order valence-corrected chi connectivity index (χ3v) is 20.2. The second-order valence-corrected chi connectivity index (χ2v) is 24.8. The zero-order valence-electron chi connectivity index (χ0n) is 48.7. The lowest BCUT2D eigenvalue weighted by atomic mass is 10.0. The molecular formula is C84H50N6. The van der Waals surface area contributed by atoms with E-state index < -0.39 is 0 Å². The molecule has 0 radical (unpaired) electrons. The van der Waals surface area contributed by atoms with Gasteiger partial charge < -0.3 is 8.80 Å². The lowest BCUT2D eigenvalue weighted by Crippen LogP contribution is -1.96. The zero-order valence-corrected chi connectivity index (χ0v) is 48.7. The topological polar surface area (TPSA) is 44.5 Å². The van der Waals surface area contributed by atoms with Crippen LogP contribution < -0.4 is 0 Å². The van der Waals surface area contributed by atoms with Crippen molar-refractivity contribution in [1.82, 2.24) is 27.9 Å². The lowest BCUT2D eigenvalue weighted by molar-refractivity contribution is 1.12. The van der Waals surface area contributed by atoms with Crippen molar-refractivity contribution in [2.45, 2.75) is 12.8 Å². The molecule has 6 nitrogen and oxygen atoms in total. The van der Waals surface area contributed by atoms with Gasteiger partial charge in [-0.15, -0.1) is 0 Å². The summed E-state index contributed by atoms with van der Waals surface area (Å²) in [6, 6.07) is 98.5. The molecule has 0 spiro atoms. The number of benzene rings is 12. The summed E-state index contributed by atoms with van der Waals surface area (Å²) < 4.78 is 9.58. The normalized spacial score (nSPS) is 12.8. The molecule has 0 unspecified atom stereocenters. The van der Waals surface area contributed by atoms with Gasteiger partial charge in [-0.05, 0) is 177 Å². The fourth-order valence-electron chi connectivity index (χ4n) is 16.3. The predicted octanol–water partition coefficient (Wildman–Crippen LogP) is 21.1. The van der Waals surface area contributed by atoms with Crippen molar-refractivity contribution in [3.63, 3.8) is 0 Å².